The Morgan fingerprint density at radius 3 is 2.83 bits per heavy atom. The highest BCUT2D eigenvalue weighted by Gasteiger charge is 2.44. The van der Waals surface area contributed by atoms with Crippen molar-refractivity contribution >= 4 is 40.4 Å². The second-order valence-electron chi connectivity index (χ2n) is 6.59. The highest BCUT2D eigenvalue weighted by Crippen LogP contribution is 2.35. The number of ether oxygens (including phenoxy) is 1. The molecule has 29 heavy (non-hydrogen) atoms. The molecule has 8 nitrogen and oxygen atoms in total. The Bertz CT molecular complexity index is 934. The molecule has 0 bridgehead atoms. The minimum Gasteiger partial charge on any atom is -0.396 e. The van der Waals surface area contributed by atoms with Crippen molar-refractivity contribution in [3.63, 3.8) is 0 Å². The average Bonchev–Trinajstić information content (AvgIpc) is 3.13. The molecule has 11 heteroatoms. The number of aliphatic hydroxyl groups is 3. The van der Waals surface area contributed by atoms with Crippen LogP contribution in [0.5, 0.6) is 0 Å². The van der Waals surface area contributed by atoms with Gasteiger partial charge >= 0.3 is 4.87 Å². The minimum absolute atomic E-state index is 0.240. The summed E-state index contributed by atoms with van der Waals surface area (Å²) in [6, 6.07) is 4.63. The van der Waals surface area contributed by atoms with Crippen LogP contribution in [0.2, 0.25) is 5.02 Å². The zero-order valence-electron chi connectivity index (χ0n) is 15.4. The Balaban J connectivity index is 1.77. The first kappa shape index (κ1) is 22.2. The summed E-state index contributed by atoms with van der Waals surface area (Å²) in [4.78, 5) is 14.4. The van der Waals surface area contributed by atoms with Gasteiger partial charge in [-0.1, -0.05) is 40.8 Å². The lowest BCUT2D eigenvalue weighted by atomic mass is 9.97. The lowest BCUT2D eigenvalue weighted by molar-refractivity contribution is -0.164. The molecule has 1 fully saturated rings. The first-order valence-electron chi connectivity index (χ1n) is 8.75. The Kier molecular flexibility index (Phi) is 7.28. The quantitative estimate of drug-likeness (QED) is 0.373. The Hall–Kier alpha value is -1.53. The molecule has 158 valence electrons. The molecule has 1 aromatic carbocycles. The van der Waals surface area contributed by atoms with Gasteiger partial charge in [-0.3, -0.25) is 4.79 Å². The summed E-state index contributed by atoms with van der Waals surface area (Å²) in [5.41, 5.74) is 6.78. The van der Waals surface area contributed by atoms with Crippen LogP contribution < -0.4 is 15.9 Å². The van der Waals surface area contributed by atoms with Crippen LogP contribution in [0.3, 0.4) is 0 Å². The summed E-state index contributed by atoms with van der Waals surface area (Å²) < 4.78 is 5.69. The van der Waals surface area contributed by atoms with E-state index >= 15 is 0 Å². The van der Waals surface area contributed by atoms with Crippen LogP contribution in [0.15, 0.2) is 39.5 Å². The smallest absolute Gasteiger partial charge is 0.304 e. The molecular formula is C18H22ClN3O5S2. The van der Waals surface area contributed by atoms with Crippen LogP contribution in [-0.2, 0) is 4.74 Å². The van der Waals surface area contributed by atoms with Crippen LogP contribution in [0.1, 0.15) is 11.3 Å². The number of nitrogens with one attached hydrogen (secondary N) is 2. The van der Waals surface area contributed by atoms with Crippen LogP contribution in [0, 0.1) is 6.92 Å². The maximum Gasteiger partial charge on any atom is 0.304 e. The number of hydrogen-bond donors (Lipinski definition) is 6. The average molecular weight is 460 g/mol. The van der Waals surface area contributed by atoms with E-state index in [0.717, 1.165) is 21.8 Å². The molecule has 3 unspecified atom stereocenters. The summed E-state index contributed by atoms with van der Waals surface area (Å²) in [6.45, 7) is 1.47. The van der Waals surface area contributed by atoms with Gasteiger partial charge in [0.2, 0.25) is 0 Å². The van der Waals surface area contributed by atoms with Gasteiger partial charge in [-0.15, -0.1) is 0 Å². The number of nitrogens with two attached hydrogens (primary N) is 1. The molecule has 7 N–H and O–H groups in total. The van der Waals surface area contributed by atoms with Gasteiger partial charge in [0.05, 0.1) is 24.0 Å². The molecule has 0 amide bonds. The highest BCUT2D eigenvalue weighted by molar-refractivity contribution is 7.99. The second-order valence-corrected chi connectivity index (χ2v) is 9.01. The van der Waals surface area contributed by atoms with Crippen LogP contribution in [0.25, 0.3) is 5.70 Å². The van der Waals surface area contributed by atoms with Crippen molar-refractivity contribution in [3.05, 3.63) is 55.7 Å². The molecule has 1 aliphatic heterocycles. The summed E-state index contributed by atoms with van der Waals surface area (Å²) >= 11 is 8.38. The lowest BCUT2D eigenvalue weighted by Crippen LogP contribution is -2.62. The number of H-pyrrole nitrogens is 1. The van der Waals surface area contributed by atoms with Crippen molar-refractivity contribution < 1.29 is 20.1 Å². The number of thioether (sulfide) groups is 1. The molecule has 0 radical (unpaired) electrons. The SMILES string of the molecule is Cc1ccc(S[C@H]2OC(CO)[C@H](O)C(N/C=C(\N)c3csc(=O)[nH]3)C2O)cc1Cl. The van der Waals surface area contributed by atoms with E-state index < -0.39 is 36.4 Å². The topological polar surface area (TPSA) is 141 Å². The molecule has 2 heterocycles. The zero-order chi connectivity index (χ0) is 21.1. The standard InChI is InChI=1S/C18H22ClN3O5S2/c1-8-2-3-9(4-10(8)19)29-17-16(25)14(15(24)13(6-23)27-17)21-5-11(20)12-7-28-18(26)22-12/h2-5,7,13-17,21,23-25H,6,20H2,1H3,(H,22,26)/b11-5-/t13?,14?,15-,16?,17+/m0/s1. The fourth-order valence-electron chi connectivity index (χ4n) is 2.85. The van der Waals surface area contributed by atoms with E-state index in [1.54, 1.807) is 11.4 Å². The molecule has 0 saturated carbocycles. The van der Waals surface area contributed by atoms with Crippen molar-refractivity contribution in [1.29, 1.82) is 0 Å². The predicted molar refractivity (Wildman–Crippen MR) is 114 cm³/mol. The van der Waals surface area contributed by atoms with E-state index in [4.69, 9.17) is 22.1 Å². The van der Waals surface area contributed by atoms with Crippen molar-refractivity contribution in [2.45, 2.75) is 41.6 Å². The number of aromatic nitrogens is 1. The van der Waals surface area contributed by atoms with Gasteiger partial charge in [-0.05, 0) is 24.6 Å². The van der Waals surface area contributed by atoms with Crippen molar-refractivity contribution in [3.8, 4) is 0 Å². The van der Waals surface area contributed by atoms with Crippen molar-refractivity contribution in [2.24, 2.45) is 5.73 Å². The summed E-state index contributed by atoms with van der Waals surface area (Å²) in [7, 11) is 0. The van der Waals surface area contributed by atoms with Gasteiger partial charge in [0.1, 0.15) is 23.7 Å². The molecule has 1 aromatic heterocycles. The first-order chi connectivity index (χ1) is 13.8. The predicted octanol–water partition coefficient (Wildman–Crippen LogP) is 0.845. The number of aromatic amines is 1. The van der Waals surface area contributed by atoms with Gasteiger partial charge in [-0.2, -0.15) is 0 Å². The van der Waals surface area contributed by atoms with E-state index in [1.165, 1.54) is 18.0 Å². The van der Waals surface area contributed by atoms with E-state index in [-0.39, 0.29) is 10.6 Å². The monoisotopic (exact) mass is 459 g/mol. The number of halogens is 1. The van der Waals surface area contributed by atoms with E-state index in [9.17, 15) is 20.1 Å². The first-order valence-corrected chi connectivity index (χ1v) is 10.9. The number of aryl methyl sites for hydroxylation is 1. The summed E-state index contributed by atoms with van der Waals surface area (Å²) in [6.07, 6.45) is -1.80. The number of aliphatic hydroxyl groups excluding tert-OH is 3. The Morgan fingerprint density at radius 1 is 1.45 bits per heavy atom. The number of hydrogen-bond acceptors (Lipinski definition) is 9. The molecule has 1 saturated heterocycles. The molecule has 1 aliphatic rings. The third-order valence-corrected chi connectivity index (χ3v) is 6.77. The molecule has 2 aromatic rings. The Labute approximate surface area is 180 Å². The number of rotatable bonds is 6. The van der Waals surface area contributed by atoms with Gasteiger partial charge in [-0.25, -0.2) is 0 Å². The van der Waals surface area contributed by atoms with Crippen LogP contribution in [0.4, 0.5) is 0 Å². The maximum absolute atomic E-state index is 11.3. The molecule has 0 spiro atoms. The zero-order valence-corrected chi connectivity index (χ0v) is 17.8. The van der Waals surface area contributed by atoms with Gasteiger partial charge in [0, 0.05) is 21.5 Å². The van der Waals surface area contributed by atoms with Crippen molar-refractivity contribution in [2.75, 3.05) is 6.61 Å². The fraction of sp³-hybridized carbons (Fsp3) is 0.389. The van der Waals surface area contributed by atoms with Crippen LogP contribution in [-0.4, -0.2) is 56.7 Å². The fourth-order valence-corrected chi connectivity index (χ4v) is 4.79. The normalized spacial score (nSPS) is 27.8. The van der Waals surface area contributed by atoms with E-state index in [1.807, 2.05) is 19.1 Å². The number of benzene rings is 1. The maximum atomic E-state index is 11.3. The van der Waals surface area contributed by atoms with E-state index in [2.05, 4.69) is 10.3 Å². The minimum atomic E-state index is -1.18. The summed E-state index contributed by atoms with van der Waals surface area (Å²) in [5.74, 6) is 0. The van der Waals surface area contributed by atoms with E-state index in [0.29, 0.717) is 10.7 Å². The summed E-state index contributed by atoms with van der Waals surface area (Å²) in [5, 5.41) is 35.9. The number of thiazole rings is 1. The lowest BCUT2D eigenvalue weighted by Gasteiger charge is -2.42. The van der Waals surface area contributed by atoms with Gasteiger partial charge in [0.15, 0.2) is 0 Å². The highest BCUT2D eigenvalue weighted by atomic mass is 35.5. The molecule has 0 aliphatic carbocycles. The third kappa shape index (κ3) is 5.15. The van der Waals surface area contributed by atoms with Gasteiger partial charge < -0.3 is 36.1 Å². The van der Waals surface area contributed by atoms with Crippen molar-refractivity contribution in [1.82, 2.24) is 10.3 Å². The molecule has 3 rings (SSSR count). The van der Waals surface area contributed by atoms with Gasteiger partial charge in [0.25, 0.3) is 0 Å². The molecule has 5 atom stereocenters. The third-order valence-electron chi connectivity index (χ3n) is 4.54. The second kappa shape index (κ2) is 9.52. The Morgan fingerprint density at radius 2 is 2.21 bits per heavy atom. The largest absolute Gasteiger partial charge is 0.396 e. The van der Waals surface area contributed by atoms with Crippen LogP contribution >= 0.6 is 34.7 Å². The molecular weight excluding hydrogens is 438 g/mol.